The summed E-state index contributed by atoms with van der Waals surface area (Å²) in [4.78, 5) is 32.5. The van der Waals surface area contributed by atoms with Gasteiger partial charge in [0.2, 0.25) is 0 Å². The minimum Gasteiger partial charge on any atom is -0.288 e. The van der Waals surface area contributed by atoms with Crippen LogP contribution in [0.2, 0.25) is 10.0 Å². The lowest BCUT2D eigenvalue weighted by Gasteiger charge is -2.04. The van der Waals surface area contributed by atoms with E-state index in [9.17, 15) is 25.0 Å². The molecule has 9 heteroatoms. The molecule has 2 rings (SSSR count). The van der Waals surface area contributed by atoms with Gasteiger partial charge in [-0.25, -0.2) is 0 Å². The van der Waals surface area contributed by atoms with Gasteiger partial charge in [0, 0.05) is 10.6 Å². The van der Waals surface area contributed by atoms with Crippen molar-refractivity contribution in [1.82, 2.24) is 0 Å². The zero-order chi connectivity index (χ0) is 16.4. The first kappa shape index (κ1) is 15.9. The first-order valence-electron chi connectivity index (χ1n) is 5.74. The van der Waals surface area contributed by atoms with Gasteiger partial charge < -0.3 is 0 Å². The highest BCUT2D eigenvalue weighted by atomic mass is 35.5. The van der Waals surface area contributed by atoms with E-state index >= 15 is 0 Å². The minimum absolute atomic E-state index is 0.115. The van der Waals surface area contributed by atoms with Gasteiger partial charge in [0.25, 0.3) is 0 Å². The standard InChI is InChI=1S/C13H6Cl2N2O5/c14-8-3-1-7(2-4-8)13(18)9-5-6-10(15)12(17(21)22)11(9)16(19)20/h1-6H. The maximum atomic E-state index is 12.4. The van der Waals surface area contributed by atoms with Gasteiger partial charge in [0.1, 0.15) is 10.6 Å². The molecule has 0 atom stereocenters. The van der Waals surface area contributed by atoms with Gasteiger partial charge in [-0.1, -0.05) is 23.2 Å². The third kappa shape index (κ3) is 2.90. The fourth-order valence-electron chi connectivity index (χ4n) is 1.85. The fourth-order valence-corrected chi connectivity index (χ4v) is 2.20. The summed E-state index contributed by atoms with van der Waals surface area (Å²) >= 11 is 11.3. The van der Waals surface area contributed by atoms with E-state index in [1.54, 1.807) is 0 Å². The molecule has 0 aliphatic rings. The van der Waals surface area contributed by atoms with E-state index in [2.05, 4.69) is 0 Å². The first-order chi connectivity index (χ1) is 10.3. The van der Waals surface area contributed by atoms with Crippen molar-refractivity contribution in [2.45, 2.75) is 0 Å². The normalized spacial score (nSPS) is 10.3. The Kier molecular flexibility index (Phi) is 4.39. The molecule has 0 aromatic heterocycles. The molecule has 0 saturated heterocycles. The molecule has 7 nitrogen and oxygen atoms in total. The molecule has 2 aromatic carbocycles. The summed E-state index contributed by atoms with van der Waals surface area (Å²) < 4.78 is 0. The van der Waals surface area contributed by atoms with Crippen molar-refractivity contribution in [2.75, 3.05) is 0 Å². The van der Waals surface area contributed by atoms with E-state index in [-0.39, 0.29) is 5.56 Å². The van der Waals surface area contributed by atoms with E-state index in [1.807, 2.05) is 0 Å². The van der Waals surface area contributed by atoms with Crippen LogP contribution in [0.25, 0.3) is 0 Å². The number of hydrogen-bond acceptors (Lipinski definition) is 5. The van der Waals surface area contributed by atoms with Crippen LogP contribution < -0.4 is 0 Å². The maximum absolute atomic E-state index is 12.4. The molecule has 0 spiro atoms. The Morgan fingerprint density at radius 3 is 1.91 bits per heavy atom. The molecule has 0 bridgehead atoms. The van der Waals surface area contributed by atoms with Gasteiger partial charge in [-0.05, 0) is 36.4 Å². The smallest absolute Gasteiger partial charge is 0.288 e. The molecule has 0 aliphatic heterocycles. The highest BCUT2D eigenvalue weighted by molar-refractivity contribution is 6.33. The molecular formula is C13H6Cl2N2O5. The van der Waals surface area contributed by atoms with Gasteiger partial charge in [0.05, 0.1) is 9.85 Å². The summed E-state index contributed by atoms with van der Waals surface area (Å²) in [5.41, 5.74) is -2.14. The highest BCUT2D eigenvalue weighted by Crippen LogP contribution is 2.38. The zero-order valence-electron chi connectivity index (χ0n) is 10.7. The lowest BCUT2D eigenvalue weighted by atomic mass is 10.0. The number of rotatable bonds is 4. The van der Waals surface area contributed by atoms with Crippen molar-refractivity contribution in [3.63, 3.8) is 0 Å². The predicted molar refractivity (Wildman–Crippen MR) is 79.6 cm³/mol. The molecule has 0 fully saturated rings. The van der Waals surface area contributed by atoms with Gasteiger partial charge >= 0.3 is 11.4 Å². The van der Waals surface area contributed by atoms with Crippen molar-refractivity contribution in [2.24, 2.45) is 0 Å². The molecule has 112 valence electrons. The van der Waals surface area contributed by atoms with Crippen LogP contribution in [0.1, 0.15) is 15.9 Å². The third-order valence-electron chi connectivity index (χ3n) is 2.82. The number of nitrogens with zero attached hydrogens (tertiary/aromatic N) is 2. The summed E-state index contributed by atoms with van der Waals surface area (Å²) in [7, 11) is 0. The van der Waals surface area contributed by atoms with Crippen molar-refractivity contribution >= 4 is 40.4 Å². The van der Waals surface area contributed by atoms with Crippen LogP contribution in [-0.4, -0.2) is 15.6 Å². The van der Waals surface area contributed by atoms with Crippen LogP contribution in [0, 0.1) is 20.2 Å². The number of ketones is 1. The molecule has 0 unspecified atom stereocenters. The van der Waals surface area contributed by atoms with Crippen molar-refractivity contribution in [1.29, 1.82) is 0 Å². The third-order valence-corrected chi connectivity index (χ3v) is 3.38. The number of benzene rings is 2. The van der Waals surface area contributed by atoms with E-state index in [0.717, 1.165) is 12.1 Å². The number of carbonyl (C=O) groups is 1. The van der Waals surface area contributed by atoms with Crippen LogP contribution in [0.4, 0.5) is 11.4 Å². The SMILES string of the molecule is O=C(c1ccc(Cl)cc1)c1ccc(Cl)c([N+](=O)[O-])c1[N+](=O)[O-]. The van der Waals surface area contributed by atoms with Crippen LogP contribution in [0.15, 0.2) is 36.4 Å². The van der Waals surface area contributed by atoms with E-state index < -0.39 is 37.6 Å². The number of halogens is 2. The van der Waals surface area contributed by atoms with Crippen molar-refractivity contribution < 1.29 is 14.6 Å². The van der Waals surface area contributed by atoms with Gasteiger partial charge in [-0.3, -0.25) is 25.0 Å². The molecule has 0 aliphatic carbocycles. The number of carbonyl (C=O) groups excluding carboxylic acids is 1. The highest BCUT2D eigenvalue weighted by Gasteiger charge is 2.34. The molecule has 0 radical (unpaired) electrons. The summed E-state index contributed by atoms with van der Waals surface area (Å²) in [6, 6.07) is 7.78. The van der Waals surface area contributed by atoms with Crippen LogP contribution in [-0.2, 0) is 0 Å². The topological polar surface area (TPSA) is 103 Å². The summed E-state index contributed by atoms with van der Waals surface area (Å²) in [6.45, 7) is 0. The van der Waals surface area contributed by atoms with Gasteiger partial charge in [-0.2, -0.15) is 0 Å². The minimum atomic E-state index is -0.993. The van der Waals surface area contributed by atoms with Crippen molar-refractivity contribution in [3.8, 4) is 0 Å². The molecule has 22 heavy (non-hydrogen) atoms. The molecule has 0 amide bonds. The second-order valence-corrected chi connectivity index (χ2v) is 4.99. The molecule has 2 aromatic rings. The molecule has 0 saturated carbocycles. The summed E-state index contributed by atoms with van der Waals surface area (Å²) in [6.07, 6.45) is 0. The maximum Gasteiger partial charge on any atom is 0.365 e. The van der Waals surface area contributed by atoms with E-state index in [0.29, 0.717) is 5.02 Å². The van der Waals surface area contributed by atoms with Gasteiger partial charge in [0.15, 0.2) is 5.78 Å². The lowest BCUT2D eigenvalue weighted by molar-refractivity contribution is -0.422. The van der Waals surface area contributed by atoms with E-state index in [1.165, 1.54) is 24.3 Å². The Morgan fingerprint density at radius 1 is 0.864 bits per heavy atom. The number of hydrogen-bond donors (Lipinski definition) is 0. The zero-order valence-corrected chi connectivity index (χ0v) is 12.2. The summed E-state index contributed by atoms with van der Waals surface area (Å²) in [5.74, 6) is -0.733. The Hall–Kier alpha value is -2.51. The van der Waals surface area contributed by atoms with Crippen molar-refractivity contribution in [3.05, 3.63) is 77.8 Å². The second-order valence-electron chi connectivity index (χ2n) is 4.14. The van der Waals surface area contributed by atoms with E-state index in [4.69, 9.17) is 23.2 Å². The molecular weight excluding hydrogens is 335 g/mol. The van der Waals surface area contributed by atoms with Crippen LogP contribution >= 0.6 is 23.2 Å². The fraction of sp³-hybridized carbons (Fsp3) is 0. The van der Waals surface area contributed by atoms with Gasteiger partial charge in [-0.15, -0.1) is 0 Å². The van der Waals surface area contributed by atoms with Crippen LogP contribution in [0.5, 0.6) is 0 Å². The number of nitro benzene ring substituents is 2. The molecule has 0 N–H and O–H groups in total. The lowest BCUT2D eigenvalue weighted by Crippen LogP contribution is -2.08. The first-order valence-corrected chi connectivity index (χ1v) is 6.50. The van der Waals surface area contributed by atoms with Crippen LogP contribution in [0.3, 0.4) is 0 Å². The Labute approximate surface area is 133 Å². The second kappa shape index (κ2) is 6.08. The summed E-state index contributed by atoms with van der Waals surface area (Å²) in [5, 5.41) is 22.1. The number of nitro groups is 2. The molecule has 0 heterocycles. The Bertz CT molecular complexity index is 790. The largest absolute Gasteiger partial charge is 0.365 e. The predicted octanol–water partition coefficient (Wildman–Crippen LogP) is 4.04. The monoisotopic (exact) mass is 340 g/mol. The Morgan fingerprint density at radius 2 is 1.41 bits per heavy atom. The Balaban J connectivity index is 2.67. The average molecular weight is 341 g/mol. The quantitative estimate of drug-likeness (QED) is 0.474. The average Bonchev–Trinajstić information content (AvgIpc) is 2.46.